The van der Waals surface area contributed by atoms with Gasteiger partial charge < -0.3 is 20.1 Å². The zero-order valence-electron chi connectivity index (χ0n) is 16.2. The van der Waals surface area contributed by atoms with Gasteiger partial charge in [-0.25, -0.2) is 0 Å². The molecule has 0 fully saturated rings. The Morgan fingerprint density at radius 2 is 1.80 bits per heavy atom. The standard InChI is InChI=1S/C22H19ClN2O4S/c1-13-10-19(25-21(26)15-4-2-3-5-16(15)23)30-20(13)22(27)24-12-14-6-7-17-18(11-14)29-9-8-28-17/h2-7,10-11H,8-9,12H2,1H3,(H,24,27)(H,25,26). The molecule has 0 saturated heterocycles. The van der Waals surface area contributed by atoms with E-state index in [0.29, 0.717) is 51.7 Å². The van der Waals surface area contributed by atoms with Crippen LogP contribution in [-0.4, -0.2) is 25.0 Å². The molecule has 2 heterocycles. The van der Waals surface area contributed by atoms with E-state index in [1.165, 1.54) is 11.3 Å². The second-order valence-corrected chi connectivity index (χ2v) is 8.18. The van der Waals surface area contributed by atoms with Crippen LogP contribution in [0.25, 0.3) is 0 Å². The Labute approximate surface area is 182 Å². The topological polar surface area (TPSA) is 76.7 Å². The molecule has 0 saturated carbocycles. The van der Waals surface area contributed by atoms with Crippen LogP contribution in [0.3, 0.4) is 0 Å². The highest BCUT2D eigenvalue weighted by Crippen LogP contribution is 2.31. The van der Waals surface area contributed by atoms with Gasteiger partial charge in [-0.15, -0.1) is 11.3 Å². The molecule has 0 radical (unpaired) electrons. The second-order valence-electron chi connectivity index (χ2n) is 6.72. The van der Waals surface area contributed by atoms with Gasteiger partial charge in [-0.3, -0.25) is 9.59 Å². The highest BCUT2D eigenvalue weighted by molar-refractivity contribution is 7.18. The van der Waals surface area contributed by atoms with E-state index >= 15 is 0 Å². The van der Waals surface area contributed by atoms with Crippen molar-refractivity contribution in [2.75, 3.05) is 18.5 Å². The Balaban J connectivity index is 1.41. The lowest BCUT2D eigenvalue weighted by Gasteiger charge is -2.18. The number of rotatable bonds is 5. The number of halogens is 1. The van der Waals surface area contributed by atoms with Crippen molar-refractivity contribution in [3.63, 3.8) is 0 Å². The third-order valence-electron chi connectivity index (χ3n) is 4.54. The summed E-state index contributed by atoms with van der Waals surface area (Å²) in [6.45, 7) is 3.24. The minimum atomic E-state index is -0.315. The van der Waals surface area contributed by atoms with Crippen molar-refractivity contribution < 1.29 is 19.1 Å². The van der Waals surface area contributed by atoms with Crippen LogP contribution in [0.2, 0.25) is 5.02 Å². The molecule has 1 aliphatic heterocycles. The fraction of sp³-hybridized carbons (Fsp3) is 0.182. The van der Waals surface area contributed by atoms with Crippen molar-refractivity contribution in [2.24, 2.45) is 0 Å². The zero-order valence-corrected chi connectivity index (χ0v) is 17.7. The summed E-state index contributed by atoms with van der Waals surface area (Å²) in [5.41, 5.74) is 2.08. The molecule has 30 heavy (non-hydrogen) atoms. The number of ether oxygens (including phenoxy) is 2. The molecule has 3 aromatic rings. The summed E-state index contributed by atoms with van der Waals surface area (Å²) in [6.07, 6.45) is 0. The maximum Gasteiger partial charge on any atom is 0.261 e. The molecule has 0 aliphatic carbocycles. The molecule has 2 amide bonds. The van der Waals surface area contributed by atoms with Gasteiger partial charge in [0.1, 0.15) is 13.2 Å². The lowest BCUT2D eigenvalue weighted by molar-refractivity contribution is 0.0953. The van der Waals surface area contributed by atoms with Crippen molar-refractivity contribution in [1.29, 1.82) is 0 Å². The van der Waals surface area contributed by atoms with E-state index in [1.807, 2.05) is 25.1 Å². The average Bonchev–Trinajstić information content (AvgIpc) is 3.12. The summed E-state index contributed by atoms with van der Waals surface area (Å²) < 4.78 is 11.1. The number of anilines is 1. The molecule has 0 atom stereocenters. The van der Waals surface area contributed by atoms with Crippen molar-refractivity contribution in [1.82, 2.24) is 5.32 Å². The summed E-state index contributed by atoms with van der Waals surface area (Å²) in [5.74, 6) is 0.880. The smallest absolute Gasteiger partial charge is 0.261 e. The molecular formula is C22H19ClN2O4S. The summed E-state index contributed by atoms with van der Waals surface area (Å²) in [4.78, 5) is 25.6. The molecule has 1 aromatic heterocycles. The third kappa shape index (κ3) is 4.42. The number of carbonyl (C=O) groups excluding carboxylic acids is 2. The Kier molecular flexibility index (Phi) is 5.92. The zero-order chi connectivity index (χ0) is 21.1. The monoisotopic (exact) mass is 442 g/mol. The van der Waals surface area contributed by atoms with Crippen molar-refractivity contribution in [2.45, 2.75) is 13.5 Å². The molecular weight excluding hydrogens is 424 g/mol. The van der Waals surface area contributed by atoms with E-state index in [0.717, 1.165) is 11.1 Å². The first-order chi connectivity index (χ1) is 14.5. The van der Waals surface area contributed by atoms with Crippen LogP contribution in [0, 0.1) is 6.92 Å². The molecule has 4 rings (SSSR count). The van der Waals surface area contributed by atoms with Crippen LogP contribution in [0.15, 0.2) is 48.5 Å². The number of aryl methyl sites for hydroxylation is 1. The summed E-state index contributed by atoms with van der Waals surface area (Å²) in [5, 5.41) is 6.68. The SMILES string of the molecule is Cc1cc(NC(=O)c2ccccc2Cl)sc1C(=O)NCc1ccc2c(c1)OCCO2. The summed E-state index contributed by atoms with van der Waals surface area (Å²) in [7, 11) is 0. The van der Waals surface area contributed by atoms with Crippen LogP contribution < -0.4 is 20.1 Å². The second kappa shape index (κ2) is 8.77. The molecule has 2 N–H and O–H groups in total. The molecule has 8 heteroatoms. The molecule has 6 nitrogen and oxygen atoms in total. The first-order valence-electron chi connectivity index (χ1n) is 9.34. The van der Waals surface area contributed by atoms with Gasteiger partial charge in [-0.05, 0) is 48.4 Å². The van der Waals surface area contributed by atoms with Gasteiger partial charge in [0.25, 0.3) is 11.8 Å². The van der Waals surface area contributed by atoms with Crippen LogP contribution in [0.5, 0.6) is 11.5 Å². The Hall–Kier alpha value is -3.03. The third-order valence-corrected chi connectivity index (χ3v) is 6.02. The number of thiophene rings is 1. The van der Waals surface area contributed by atoms with E-state index in [9.17, 15) is 9.59 Å². The molecule has 0 bridgehead atoms. The van der Waals surface area contributed by atoms with Gasteiger partial charge >= 0.3 is 0 Å². The minimum Gasteiger partial charge on any atom is -0.486 e. The average molecular weight is 443 g/mol. The number of amides is 2. The Morgan fingerprint density at radius 3 is 2.60 bits per heavy atom. The van der Waals surface area contributed by atoms with Crippen LogP contribution in [0.4, 0.5) is 5.00 Å². The number of hydrogen-bond donors (Lipinski definition) is 2. The summed E-state index contributed by atoms with van der Waals surface area (Å²) >= 11 is 7.30. The molecule has 0 spiro atoms. The van der Waals surface area contributed by atoms with E-state index < -0.39 is 0 Å². The van der Waals surface area contributed by atoms with E-state index in [-0.39, 0.29) is 11.8 Å². The predicted molar refractivity (Wildman–Crippen MR) is 117 cm³/mol. The fourth-order valence-corrected chi connectivity index (χ4v) is 4.26. The van der Waals surface area contributed by atoms with Gasteiger partial charge in [0.2, 0.25) is 0 Å². The van der Waals surface area contributed by atoms with E-state index in [2.05, 4.69) is 10.6 Å². The van der Waals surface area contributed by atoms with E-state index in [4.69, 9.17) is 21.1 Å². The maximum absolute atomic E-state index is 12.7. The van der Waals surface area contributed by atoms with Crippen molar-refractivity contribution >= 4 is 39.8 Å². The predicted octanol–water partition coefficient (Wildman–Crippen LogP) is 4.66. The molecule has 0 unspecified atom stereocenters. The quantitative estimate of drug-likeness (QED) is 0.602. The molecule has 1 aliphatic rings. The van der Waals surface area contributed by atoms with Gasteiger partial charge in [-0.1, -0.05) is 29.8 Å². The number of benzene rings is 2. The van der Waals surface area contributed by atoms with Gasteiger partial charge in [-0.2, -0.15) is 0 Å². The number of carbonyl (C=O) groups is 2. The summed E-state index contributed by atoms with van der Waals surface area (Å²) in [6, 6.07) is 14.2. The number of fused-ring (bicyclic) bond motifs is 1. The van der Waals surface area contributed by atoms with Crippen LogP contribution >= 0.6 is 22.9 Å². The lowest BCUT2D eigenvalue weighted by Crippen LogP contribution is -2.22. The highest BCUT2D eigenvalue weighted by Gasteiger charge is 2.17. The normalized spacial score (nSPS) is 12.3. The van der Waals surface area contributed by atoms with E-state index in [1.54, 1.807) is 30.3 Å². The van der Waals surface area contributed by atoms with Gasteiger partial charge in [0, 0.05) is 6.54 Å². The fourth-order valence-electron chi connectivity index (χ4n) is 3.05. The highest BCUT2D eigenvalue weighted by atomic mass is 35.5. The molecule has 154 valence electrons. The first kappa shape index (κ1) is 20.3. The lowest BCUT2D eigenvalue weighted by atomic mass is 10.2. The largest absolute Gasteiger partial charge is 0.486 e. The molecule has 2 aromatic carbocycles. The first-order valence-corrected chi connectivity index (χ1v) is 10.5. The maximum atomic E-state index is 12.7. The van der Waals surface area contributed by atoms with Crippen molar-refractivity contribution in [3.05, 3.63) is 75.1 Å². The van der Waals surface area contributed by atoms with Gasteiger partial charge in [0.05, 0.1) is 20.5 Å². The van der Waals surface area contributed by atoms with Gasteiger partial charge in [0.15, 0.2) is 11.5 Å². The number of nitrogens with one attached hydrogen (secondary N) is 2. The van der Waals surface area contributed by atoms with Crippen LogP contribution in [0.1, 0.15) is 31.2 Å². The number of hydrogen-bond acceptors (Lipinski definition) is 5. The Morgan fingerprint density at radius 1 is 1.03 bits per heavy atom. The minimum absolute atomic E-state index is 0.203. The van der Waals surface area contributed by atoms with Crippen LogP contribution in [-0.2, 0) is 6.54 Å². The Bertz CT molecular complexity index is 1110. The van der Waals surface area contributed by atoms with Crippen molar-refractivity contribution in [3.8, 4) is 11.5 Å².